The summed E-state index contributed by atoms with van der Waals surface area (Å²) in [6.45, 7) is 2.01. The fraction of sp³-hybridized carbons (Fsp3) is 0.226. The summed E-state index contributed by atoms with van der Waals surface area (Å²) in [5, 5.41) is 17.6. The van der Waals surface area contributed by atoms with Gasteiger partial charge in [-0.15, -0.1) is 0 Å². The van der Waals surface area contributed by atoms with Gasteiger partial charge in [-0.1, -0.05) is 42.5 Å². The van der Waals surface area contributed by atoms with Crippen LogP contribution in [0.1, 0.15) is 51.8 Å². The van der Waals surface area contributed by atoms with Crippen molar-refractivity contribution in [1.29, 1.82) is 0 Å². The number of aromatic nitrogens is 3. The maximum atomic E-state index is 11.2. The van der Waals surface area contributed by atoms with E-state index in [1.165, 1.54) is 22.1 Å². The second-order valence-electron chi connectivity index (χ2n) is 9.95. The minimum Gasteiger partial charge on any atom is -0.478 e. The molecule has 1 atom stereocenters. The van der Waals surface area contributed by atoms with Crippen LogP contribution in [0, 0.1) is 0 Å². The van der Waals surface area contributed by atoms with E-state index in [4.69, 9.17) is 0 Å². The van der Waals surface area contributed by atoms with Crippen molar-refractivity contribution in [2.45, 2.75) is 31.2 Å². The Morgan fingerprint density at radius 1 is 0.973 bits per heavy atom. The molecule has 1 unspecified atom stereocenters. The predicted octanol–water partition coefficient (Wildman–Crippen LogP) is 6.42. The van der Waals surface area contributed by atoms with Gasteiger partial charge < -0.3 is 10.1 Å². The van der Waals surface area contributed by atoms with Crippen LogP contribution in [0.15, 0.2) is 91.3 Å². The van der Waals surface area contributed by atoms with E-state index in [2.05, 4.69) is 68.6 Å². The number of likely N-dealkylation sites (tertiary alicyclic amines) is 1. The van der Waals surface area contributed by atoms with Gasteiger partial charge >= 0.3 is 5.97 Å². The highest BCUT2D eigenvalue weighted by Gasteiger charge is 2.27. The van der Waals surface area contributed by atoms with Gasteiger partial charge in [-0.3, -0.25) is 10.00 Å². The topological polar surface area (TPSA) is 85.0 Å². The van der Waals surface area contributed by atoms with E-state index in [1.54, 1.807) is 18.3 Å². The lowest BCUT2D eigenvalue weighted by Gasteiger charge is -2.38. The van der Waals surface area contributed by atoms with Crippen molar-refractivity contribution < 1.29 is 9.90 Å². The molecule has 0 spiro atoms. The Morgan fingerprint density at radius 3 is 2.46 bits per heavy atom. The van der Waals surface area contributed by atoms with E-state index >= 15 is 0 Å². The minimum absolute atomic E-state index is 0.285. The van der Waals surface area contributed by atoms with Crippen LogP contribution in [0.4, 0.5) is 0 Å². The van der Waals surface area contributed by atoms with Crippen molar-refractivity contribution in [3.8, 4) is 11.3 Å². The molecule has 1 saturated heterocycles. The molecule has 6 rings (SSSR count). The van der Waals surface area contributed by atoms with Gasteiger partial charge in [0.2, 0.25) is 0 Å². The van der Waals surface area contributed by atoms with Crippen LogP contribution in [-0.4, -0.2) is 44.2 Å². The molecule has 3 aromatic carbocycles. The monoisotopic (exact) mass is 490 g/mol. The third kappa shape index (κ3) is 4.93. The van der Waals surface area contributed by atoms with E-state index in [-0.39, 0.29) is 6.04 Å². The summed E-state index contributed by atoms with van der Waals surface area (Å²) in [4.78, 5) is 17.2. The fourth-order valence-electron chi connectivity index (χ4n) is 5.64. The van der Waals surface area contributed by atoms with E-state index in [1.807, 2.05) is 24.4 Å². The van der Waals surface area contributed by atoms with Gasteiger partial charge in [0.15, 0.2) is 0 Å². The normalized spacial score (nSPS) is 15.7. The molecule has 1 aliphatic rings. The van der Waals surface area contributed by atoms with E-state index in [9.17, 15) is 9.90 Å². The Hall–Kier alpha value is -4.16. The number of rotatable bonds is 7. The number of aromatic amines is 2. The van der Waals surface area contributed by atoms with Crippen molar-refractivity contribution in [2.75, 3.05) is 13.1 Å². The van der Waals surface area contributed by atoms with E-state index in [0.717, 1.165) is 49.1 Å². The molecule has 0 amide bonds. The Kier molecular flexibility index (Phi) is 6.33. The number of fused-ring (bicyclic) bond motifs is 1. The Balaban J connectivity index is 1.22. The third-order valence-electron chi connectivity index (χ3n) is 7.76. The lowest BCUT2D eigenvalue weighted by Crippen LogP contribution is -2.37. The van der Waals surface area contributed by atoms with Gasteiger partial charge in [-0.05, 0) is 102 Å². The van der Waals surface area contributed by atoms with Gasteiger partial charge in [0, 0.05) is 24.0 Å². The Bertz CT molecular complexity index is 1480. The molecule has 6 nitrogen and oxygen atoms in total. The van der Waals surface area contributed by atoms with Crippen LogP contribution in [0.2, 0.25) is 0 Å². The number of nitrogens with zero attached hydrogens (tertiary/aromatic N) is 2. The first kappa shape index (κ1) is 23.3. The van der Waals surface area contributed by atoms with Crippen LogP contribution in [0.5, 0.6) is 0 Å². The Labute approximate surface area is 216 Å². The molecule has 3 heterocycles. The quantitative estimate of drug-likeness (QED) is 0.246. The lowest BCUT2D eigenvalue weighted by atomic mass is 9.87. The Morgan fingerprint density at radius 2 is 1.76 bits per heavy atom. The summed E-state index contributed by atoms with van der Waals surface area (Å²) in [6, 6.07) is 27.4. The highest BCUT2D eigenvalue weighted by Crippen LogP contribution is 2.35. The molecule has 6 heteroatoms. The maximum absolute atomic E-state index is 11.2. The van der Waals surface area contributed by atoms with Gasteiger partial charge in [0.25, 0.3) is 0 Å². The summed E-state index contributed by atoms with van der Waals surface area (Å²) in [7, 11) is 0. The van der Waals surface area contributed by atoms with Crippen LogP contribution in [-0.2, 0) is 6.42 Å². The van der Waals surface area contributed by atoms with Crippen molar-refractivity contribution in [1.82, 2.24) is 20.1 Å². The van der Waals surface area contributed by atoms with Crippen LogP contribution < -0.4 is 0 Å². The summed E-state index contributed by atoms with van der Waals surface area (Å²) in [5.74, 6) is -0.415. The van der Waals surface area contributed by atoms with Gasteiger partial charge in [-0.25, -0.2) is 4.79 Å². The SMILES string of the molecule is O=C(O)c1ccc(C2CCN(C(Cc3ccc(-c4ccn[nH]4)cc3)c3ccc4[nH]ccc4c3)CC2)cc1. The van der Waals surface area contributed by atoms with Crippen LogP contribution >= 0.6 is 0 Å². The van der Waals surface area contributed by atoms with Gasteiger partial charge in [-0.2, -0.15) is 5.10 Å². The van der Waals surface area contributed by atoms with Crippen LogP contribution in [0.3, 0.4) is 0 Å². The number of aromatic carboxylic acids is 1. The zero-order chi connectivity index (χ0) is 25.2. The molecule has 0 saturated carbocycles. The van der Waals surface area contributed by atoms with Gasteiger partial charge in [0.1, 0.15) is 0 Å². The van der Waals surface area contributed by atoms with Crippen molar-refractivity contribution in [3.05, 3.63) is 114 Å². The molecule has 5 aromatic rings. The second kappa shape index (κ2) is 10.1. The third-order valence-corrected chi connectivity index (χ3v) is 7.76. The fourth-order valence-corrected chi connectivity index (χ4v) is 5.64. The summed E-state index contributed by atoms with van der Waals surface area (Å²) in [5.41, 5.74) is 7.57. The first-order valence-electron chi connectivity index (χ1n) is 12.9. The number of carbonyl (C=O) groups is 1. The highest BCUT2D eigenvalue weighted by molar-refractivity contribution is 5.87. The molecule has 0 bridgehead atoms. The summed E-state index contributed by atoms with van der Waals surface area (Å²) in [6.07, 6.45) is 6.85. The van der Waals surface area contributed by atoms with Crippen molar-refractivity contribution >= 4 is 16.9 Å². The van der Waals surface area contributed by atoms with Crippen LogP contribution in [0.25, 0.3) is 22.2 Å². The average molecular weight is 491 g/mol. The zero-order valence-electron chi connectivity index (χ0n) is 20.6. The first-order chi connectivity index (χ1) is 18.1. The number of hydrogen-bond donors (Lipinski definition) is 3. The molecular formula is C31H30N4O2. The van der Waals surface area contributed by atoms with E-state index < -0.39 is 5.97 Å². The largest absolute Gasteiger partial charge is 0.478 e. The molecule has 1 aliphatic heterocycles. The number of piperidine rings is 1. The summed E-state index contributed by atoms with van der Waals surface area (Å²) >= 11 is 0. The first-order valence-corrected chi connectivity index (χ1v) is 12.9. The molecule has 0 aliphatic carbocycles. The number of benzene rings is 3. The molecule has 2 aromatic heterocycles. The predicted molar refractivity (Wildman–Crippen MR) is 146 cm³/mol. The van der Waals surface area contributed by atoms with E-state index in [0.29, 0.717) is 11.5 Å². The molecule has 0 radical (unpaired) electrons. The smallest absolute Gasteiger partial charge is 0.335 e. The maximum Gasteiger partial charge on any atom is 0.335 e. The van der Waals surface area contributed by atoms with Crippen molar-refractivity contribution in [2.24, 2.45) is 0 Å². The lowest BCUT2D eigenvalue weighted by molar-refractivity contribution is 0.0697. The zero-order valence-corrected chi connectivity index (χ0v) is 20.6. The number of H-pyrrole nitrogens is 2. The van der Waals surface area contributed by atoms with Gasteiger partial charge in [0.05, 0.1) is 11.3 Å². The molecule has 1 fully saturated rings. The summed E-state index contributed by atoms with van der Waals surface area (Å²) < 4.78 is 0. The molecular weight excluding hydrogens is 460 g/mol. The molecule has 3 N–H and O–H groups in total. The standard InChI is InChI=1S/C31H30N4O2/c36-31(37)25-7-5-22(6-8-25)23-13-17-35(18-14-23)30(27-9-10-28-26(20-27)11-15-32-28)19-21-1-3-24(4-2-21)29-12-16-33-34-29/h1-12,15-16,20,23,30,32H,13-14,17-19H2,(H,33,34)(H,36,37). The second-order valence-corrected chi connectivity index (χ2v) is 9.95. The molecule has 186 valence electrons. The number of carboxylic acid groups (broad SMARTS) is 1. The highest BCUT2D eigenvalue weighted by atomic mass is 16.4. The number of hydrogen-bond acceptors (Lipinski definition) is 3. The minimum atomic E-state index is -0.874. The average Bonchev–Trinajstić information content (AvgIpc) is 3.65. The number of nitrogens with one attached hydrogen (secondary N) is 2. The van der Waals surface area contributed by atoms with Crippen molar-refractivity contribution in [3.63, 3.8) is 0 Å². The molecule has 37 heavy (non-hydrogen) atoms. The number of carboxylic acids is 1.